The van der Waals surface area contributed by atoms with Crippen LogP contribution in [0.25, 0.3) is 0 Å². The van der Waals surface area contributed by atoms with Crippen molar-refractivity contribution in [2.24, 2.45) is 5.92 Å². The first-order chi connectivity index (χ1) is 6.53. The molecule has 1 aliphatic rings. The number of hydrogen-bond acceptors (Lipinski definition) is 1. The molecule has 1 nitrogen and oxygen atoms in total. The van der Waals surface area contributed by atoms with Crippen molar-refractivity contribution in [3.8, 4) is 0 Å². The van der Waals surface area contributed by atoms with Gasteiger partial charge in [-0.3, -0.25) is 0 Å². The van der Waals surface area contributed by atoms with Gasteiger partial charge in [0.1, 0.15) is 3.23 Å². The molecule has 2 rings (SSSR count). The van der Waals surface area contributed by atoms with Crippen LogP contribution in [0.3, 0.4) is 0 Å². The largest absolute Gasteiger partial charge is 0.379 e. The Labute approximate surface area is 102 Å². The van der Waals surface area contributed by atoms with Crippen LogP contribution >= 0.6 is 31.9 Å². The second-order valence-corrected chi connectivity index (χ2v) is 7.60. The third-order valence-electron chi connectivity index (χ3n) is 2.65. The van der Waals surface area contributed by atoms with E-state index in [-0.39, 0.29) is 3.23 Å². The average molecular weight is 319 g/mol. The fourth-order valence-corrected chi connectivity index (χ4v) is 3.89. The molecule has 3 heteroatoms. The van der Waals surface area contributed by atoms with E-state index in [0.717, 1.165) is 0 Å². The molecule has 0 spiro atoms. The Morgan fingerprint density at radius 2 is 1.93 bits per heavy atom. The SMILES string of the molecule is CC(C)[C@@H]1Nc2ccccc2C1(Br)Br. The van der Waals surface area contributed by atoms with E-state index in [1.807, 2.05) is 0 Å². The molecule has 1 heterocycles. The van der Waals surface area contributed by atoms with E-state index in [9.17, 15) is 0 Å². The van der Waals surface area contributed by atoms with Crippen LogP contribution in [0, 0.1) is 5.92 Å². The van der Waals surface area contributed by atoms with Crippen molar-refractivity contribution in [1.29, 1.82) is 0 Å². The van der Waals surface area contributed by atoms with Gasteiger partial charge in [-0.25, -0.2) is 0 Å². The fourth-order valence-electron chi connectivity index (χ4n) is 1.91. The first-order valence-electron chi connectivity index (χ1n) is 4.77. The van der Waals surface area contributed by atoms with E-state index in [2.05, 4.69) is 75.3 Å². The highest BCUT2D eigenvalue weighted by Crippen LogP contribution is 2.52. The summed E-state index contributed by atoms with van der Waals surface area (Å²) in [6, 6.07) is 8.79. The Kier molecular flexibility index (Phi) is 2.64. The lowest BCUT2D eigenvalue weighted by Gasteiger charge is -2.27. The standard InChI is InChI=1S/C11H13Br2N/c1-7(2)10-11(12,13)8-5-3-4-6-9(8)14-10/h3-7,10,14H,1-2H3/t10-/m0/s1. The quantitative estimate of drug-likeness (QED) is 0.769. The highest BCUT2D eigenvalue weighted by atomic mass is 79.9. The van der Waals surface area contributed by atoms with Gasteiger partial charge >= 0.3 is 0 Å². The molecule has 1 N–H and O–H groups in total. The summed E-state index contributed by atoms with van der Waals surface area (Å²) in [6.45, 7) is 4.45. The topological polar surface area (TPSA) is 12.0 Å². The van der Waals surface area contributed by atoms with E-state index in [4.69, 9.17) is 0 Å². The lowest BCUT2D eigenvalue weighted by atomic mass is 10.0. The van der Waals surface area contributed by atoms with Crippen molar-refractivity contribution in [3.05, 3.63) is 29.8 Å². The first kappa shape index (κ1) is 10.5. The third-order valence-corrected chi connectivity index (χ3v) is 4.50. The van der Waals surface area contributed by atoms with E-state index in [1.165, 1.54) is 11.3 Å². The molecule has 0 saturated heterocycles. The zero-order valence-electron chi connectivity index (χ0n) is 8.22. The van der Waals surface area contributed by atoms with Gasteiger partial charge in [-0.15, -0.1) is 0 Å². The predicted octanol–water partition coefficient (Wildman–Crippen LogP) is 4.08. The minimum Gasteiger partial charge on any atom is -0.379 e. The summed E-state index contributed by atoms with van der Waals surface area (Å²) in [6.07, 6.45) is 0. The monoisotopic (exact) mass is 317 g/mol. The van der Waals surface area contributed by atoms with Gasteiger partial charge in [0.05, 0.1) is 6.04 Å². The molecule has 0 amide bonds. The van der Waals surface area contributed by atoms with Crippen molar-refractivity contribution in [2.75, 3.05) is 5.32 Å². The molecule has 0 aliphatic carbocycles. The van der Waals surface area contributed by atoms with Gasteiger partial charge in [0, 0.05) is 11.3 Å². The molecule has 0 saturated carbocycles. The van der Waals surface area contributed by atoms with Gasteiger partial charge in [0.25, 0.3) is 0 Å². The Hall–Kier alpha value is -0.0200. The molecule has 0 aromatic heterocycles. The molecule has 0 bridgehead atoms. The zero-order valence-corrected chi connectivity index (χ0v) is 11.4. The van der Waals surface area contributed by atoms with Gasteiger partial charge in [-0.1, -0.05) is 63.9 Å². The lowest BCUT2D eigenvalue weighted by molar-refractivity contribution is 0.521. The second-order valence-electron chi connectivity index (χ2n) is 4.03. The first-order valence-corrected chi connectivity index (χ1v) is 6.36. The highest BCUT2D eigenvalue weighted by molar-refractivity contribution is 9.24. The molecule has 0 radical (unpaired) electrons. The maximum atomic E-state index is 3.76. The molecule has 14 heavy (non-hydrogen) atoms. The zero-order chi connectivity index (χ0) is 10.3. The smallest absolute Gasteiger partial charge is 0.127 e. The van der Waals surface area contributed by atoms with E-state index in [0.29, 0.717) is 12.0 Å². The van der Waals surface area contributed by atoms with E-state index in [1.54, 1.807) is 0 Å². The Morgan fingerprint density at radius 1 is 1.29 bits per heavy atom. The normalized spacial score (nSPS) is 23.4. The summed E-state index contributed by atoms with van der Waals surface area (Å²) in [7, 11) is 0. The number of benzene rings is 1. The Morgan fingerprint density at radius 3 is 2.50 bits per heavy atom. The predicted molar refractivity (Wildman–Crippen MR) is 68.2 cm³/mol. The summed E-state index contributed by atoms with van der Waals surface area (Å²) in [5, 5.41) is 3.53. The van der Waals surface area contributed by atoms with Crippen LogP contribution in [0.1, 0.15) is 19.4 Å². The minimum atomic E-state index is -0.120. The summed E-state index contributed by atoms with van der Waals surface area (Å²) in [5.74, 6) is 0.571. The third kappa shape index (κ3) is 1.50. The summed E-state index contributed by atoms with van der Waals surface area (Å²) >= 11 is 7.52. The molecule has 1 aromatic carbocycles. The Balaban J connectivity index is 2.45. The maximum Gasteiger partial charge on any atom is 0.127 e. The van der Waals surface area contributed by atoms with Gasteiger partial charge < -0.3 is 5.32 Å². The van der Waals surface area contributed by atoms with E-state index >= 15 is 0 Å². The molecule has 0 fully saturated rings. The minimum absolute atomic E-state index is 0.120. The van der Waals surface area contributed by atoms with Crippen molar-refractivity contribution in [3.63, 3.8) is 0 Å². The number of alkyl halides is 2. The van der Waals surface area contributed by atoms with Crippen LogP contribution in [0.15, 0.2) is 24.3 Å². The molecule has 76 valence electrons. The fraction of sp³-hybridized carbons (Fsp3) is 0.455. The number of nitrogens with one attached hydrogen (secondary N) is 1. The number of anilines is 1. The van der Waals surface area contributed by atoms with Crippen molar-refractivity contribution < 1.29 is 0 Å². The molecule has 1 aliphatic heterocycles. The van der Waals surface area contributed by atoms with Crippen molar-refractivity contribution in [1.82, 2.24) is 0 Å². The van der Waals surface area contributed by atoms with Gasteiger partial charge in [0.15, 0.2) is 0 Å². The van der Waals surface area contributed by atoms with Gasteiger partial charge in [-0.05, 0) is 12.0 Å². The van der Waals surface area contributed by atoms with Crippen LogP contribution in [0.2, 0.25) is 0 Å². The van der Waals surface area contributed by atoms with Crippen LogP contribution in [-0.4, -0.2) is 6.04 Å². The van der Waals surface area contributed by atoms with Crippen LogP contribution in [0.4, 0.5) is 5.69 Å². The maximum absolute atomic E-state index is 3.76. The van der Waals surface area contributed by atoms with E-state index < -0.39 is 0 Å². The summed E-state index contributed by atoms with van der Waals surface area (Å²) in [5.41, 5.74) is 2.51. The molecule has 1 aromatic rings. The number of fused-ring (bicyclic) bond motifs is 1. The van der Waals surface area contributed by atoms with Gasteiger partial charge in [0.2, 0.25) is 0 Å². The number of hydrogen-bond donors (Lipinski definition) is 1. The van der Waals surface area contributed by atoms with Crippen molar-refractivity contribution >= 4 is 37.5 Å². The second kappa shape index (κ2) is 3.53. The highest BCUT2D eigenvalue weighted by Gasteiger charge is 2.44. The number of halogens is 2. The summed E-state index contributed by atoms with van der Waals surface area (Å²) in [4.78, 5) is 0. The van der Waals surface area contributed by atoms with Crippen LogP contribution in [0.5, 0.6) is 0 Å². The number of rotatable bonds is 1. The molecule has 1 atom stereocenters. The van der Waals surface area contributed by atoms with Crippen LogP contribution in [-0.2, 0) is 3.23 Å². The Bertz CT molecular complexity index is 347. The van der Waals surface area contributed by atoms with Crippen molar-refractivity contribution in [2.45, 2.75) is 23.1 Å². The summed E-state index contributed by atoms with van der Waals surface area (Å²) < 4.78 is -0.120. The lowest BCUT2D eigenvalue weighted by Crippen LogP contribution is -2.33. The molecular formula is C11H13Br2N. The van der Waals surface area contributed by atoms with Gasteiger partial charge in [-0.2, -0.15) is 0 Å². The average Bonchev–Trinajstić information content (AvgIpc) is 2.39. The molecule has 0 unspecified atom stereocenters. The number of para-hydroxylation sites is 1. The molecular weight excluding hydrogens is 306 g/mol. The van der Waals surface area contributed by atoms with Crippen LogP contribution < -0.4 is 5.32 Å².